The lowest BCUT2D eigenvalue weighted by Crippen LogP contribution is -2.14. The zero-order valence-corrected chi connectivity index (χ0v) is 17.2. The summed E-state index contributed by atoms with van der Waals surface area (Å²) in [7, 11) is -3.85. The molecule has 1 rings (SSSR count). The van der Waals surface area contributed by atoms with Crippen LogP contribution in [0.4, 0.5) is 0 Å². The van der Waals surface area contributed by atoms with Crippen LogP contribution < -0.4 is 0 Å². The van der Waals surface area contributed by atoms with Crippen molar-refractivity contribution in [2.45, 2.75) is 89.4 Å². The van der Waals surface area contributed by atoms with Gasteiger partial charge in [0, 0.05) is 6.42 Å². The fourth-order valence-electron chi connectivity index (χ4n) is 2.80. The largest absolute Gasteiger partial charge is 0.297 e. The Hall–Kier alpha value is -1.20. The van der Waals surface area contributed by atoms with Crippen LogP contribution in [0, 0.1) is 6.92 Å². The maximum Gasteiger partial charge on any atom is 0.297 e. The predicted molar refractivity (Wildman–Crippen MR) is 106 cm³/mol. The molecule has 1 aromatic rings. The summed E-state index contributed by atoms with van der Waals surface area (Å²) in [5, 5.41) is 0. The molecule has 0 aliphatic rings. The Morgan fingerprint density at radius 1 is 0.846 bits per heavy atom. The maximum atomic E-state index is 12.0. The molecular weight excluding hydrogens is 348 g/mol. The number of Topliss-reactive ketones (excluding diaryl/α,β-unsaturated/α-hetero) is 1. The van der Waals surface area contributed by atoms with Gasteiger partial charge >= 0.3 is 0 Å². The number of ketones is 1. The van der Waals surface area contributed by atoms with Crippen molar-refractivity contribution in [2.75, 3.05) is 6.61 Å². The molecule has 0 N–H and O–H groups in total. The predicted octanol–water partition coefficient (Wildman–Crippen LogP) is 5.58. The van der Waals surface area contributed by atoms with Crippen LogP contribution in [0.1, 0.15) is 83.1 Å². The Bertz CT molecular complexity index is 605. The van der Waals surface area contributed by atoms with Crippen LogP contribution in [-0.2, 0) is 19.1 Å². The Kier molecular flexibility index (Phi) is 11.5. The highest BCUT2D eigenvalue weighted by atomic mass is 32.2. The molecule has 5 heteroatoms. The van der Waals surface area contributed by atoms with Gasteiger partial charge in [0.05, 0.1) is 4.90 Å². The van der Waals surface area contributed by atoms with Crippen molar-refractivity contribution in [1.29, 1.82) is 0 Å². The van der Waals surface area contributed by atoms with Gasteiger partial charge in [0.1, 0.15) is 6.61 Å². The molecule has 0 atom stereocenters. The first-order valence-electron chi connectivity index (χ1n) is 9.93. The van der Waals surface area contributed by atoms with Crippen molar-refractivity contribution in [3.8, 4) is 0 Å². The number of carbonyl (C=O) groups excluding carboxylic acids is 1. The van der Waals surface area contributed by atoms with Gasteiger partial charge in [-0.3, -0.25) is 8.98 Å². The summed E-state index contributed by atoms with van der Waals surface area (Å²) in [5.41, 5.74) is 0.973. The zero-order valence-electron chi connectivity index (χ0n) is 16.3. The smallest absolute Gasteiger partial charge is 0.297 e. The minimum Gasteiger partial charge on any atom is -0.297 e. The molecule has 1 aromatic carbocycles. The van der Waals surface area contributed by atoms with Crippen molar-refractivity contribution in [2.24, 2.45) is 0 Å². The van der Waals surface area contributed by atoms with Crippen LogP contribution in [-0.4, -0.2) is 20.8 Å². The van der Waals surface area contributed by atoms with Gasteiger partial charge in [-0.15, -0.1) is 0 Å². The van der Waals surface area contributed by atoms with E-state index >= 15 is 0 Å². The van der Waals surface area contributed by atoms with E-state index in [2.05, 4.69) is 6.92 Å². The second-order valence-electron chi connectivity index (χ2n) is 7.00. The van der Waals surface area contributed by atoms with Crippen LogP contribution >= 0.6 is 0 Å². The molecule has 0 heterocycles. The summed E-state index contributed by atoms with van der Waals surface area (Å²) in [6.07, 6.45) is 12.5. The van der Waals surface area contributed by atoms with Crippen molar-refractivity contribution in [3.05, 3.63) is 29.8 Å². The molecule has 0 amide bonds. The number of aryl methyl sites for hydroxylation is 1. The molecule has 148 valence electrons. The molecule has 4 nitrogen and oxygen atoms in total. The van der Waals surface area contributed by atoms with Crippen LogP contribution in [0.5, 0.6) is 0 Å². The lowest BCUT2D eigenvalue weighted by molar-refractivity contribution is -0.121. The topological polar surface area (TPSA) is 60.4 Å². The SMILES string of the molecule is CCCCCCCCCCCCC(=O)COS(=O)(=O)c1ccc(C)cc1. The second kappa shape index (κ2) is 13.0. The number of benzene rings is 1. The quantitative estimate of drug-likeness (QED) is 0.293. The third-order valence-electron chi connectivity index (χ3n) is 4.49. The van der Waals surface area contributed by atoms with Crippen molar-refractivity contribution in [3.63, 3.8) is 0 Å². The molecule has 26 heavy (non-hydrogen) atoms. The fraction of sp³-hybridized carbons (Fsp3) is 0.667. The van der Waals surface area contributed by atoms with E-state index in [0.717, 1.165) is 24.8 Å². The van der Waals surface area contributed by atoms with E-state index in [1.54, 1.807) is 12.1 Å². The Morgan fingerprint density at radius 2 is 1.35 bits per heavy atom. The first-order valence-corrected chi connectivity index (χ1v) is 11.3. The molecule has 0 aliphatic carbocycles. The van der Waals surface area contributed by atoms with E-state index in [1.807, 2.05) is 6.92 Å². The van der Waals surface area contributed by atoms with E-state index in [0.29, 0.717) is 6.42 Å². The Balaban J connectivity index is 2.09. The van der Waals surface area contributed by atoms with Gasteiger partial charge in [-0.05, 0) is 25.5 Å². The van der Waals surface area contributed by atoms with Gasteiger partial charge in [0.2, 0.25) is 0 Å². The molecule has 0 spiro atoms. The van der Waals surface area contributed by atoms with E-state index in [1.165, 1.54) is 57.1 Å². The summed E-state index contributed by atoms with van der Waals surface area (Å²) in [5.74, 6) is -0.153. The Morgan fingerprint density at radius 3 is 1.88 bits per heavy atom. The second-order valence-corrected chi connectivity index (χ2v) is 8.62. The van der Waals surface area contributed by atoms with E-state index < -0.39 is 10.1 Å². The van der Waals surface area contributed by atoms with Gasteiger partial charge < -0.3 is 0 Å². The van der Waals surface area contributed by atoms with E-state index in [4.69, 9.17) is 4.18 Å². The summed E-state index contributed by atoms with van der Waals surface area (Å²) in [6.45, 7) is 3.74. The monoisotopic (exact) mass is 382 g/mol. The molecule has 0 aromatic heterocycles. The van der Waals surface area contributed by atoms with Crippen molar-refractivity contribution in [1.82, 2.24) is 0 Å². The van der Waals surface area contributed by atoms with Crippen LogP contribution in [0.25, 0.3) is 0 Å². The van der Waals surface area contributed by atoms with Gasteiger partial charge in [-0.2, -0.15) is 8.42 Å². The zero-order chi connectivity index (χ0) is 19.3. The first kappa shape index (κ1) is 22.8. The molecular formula is C21H34O4S. The normalized spacial score (nSPS) is 11.6. The van der Waals surface area contributed by atoms with E-state index in [9.17, 15) is 13.2 Å². The first-order chi connectivity index (χ1) is 12.5. The van der Waals surface area contributed by atoms with Gasteiger partial charge in [-0.1, -0.05) is 82.4 Å². The number of hydrogen-bond donors (Lipinski definition) is 0. The summed E-state index contributed by atoms with van der Waals surface area (Å²) >= 11 is 0. The molecule has 0 radical (unpaired) electrons. The van der Waals surface area contributed by atoms with Crippen LogP contribution in [0.15, 0.2) is 29.2 Å². The minimum atomic E-state index is -3.85. The van der Waals surface area contributed by atoms with Gasteiger partial charge in [0.15, 0.2) is 5.78 Å². The molecule has 0 bridgehead atoms. The minimum absolute atomic E-state index is 0.0924. The third kappa shape index (κ3) is 10.1. The third-order valence-corrected chi connectivity index (χ3v) is 5.77. The fourth-order valence-corrected chi connectivity index (χ4v) is 3.69. The van der Waals surface area contributed by atoms with Crippen LogP contribution in [0.3, 0.4) is 0 Å². The summed E-state index contributed by atoms with van der Waals surface area (Å²) in [4.78, 5) is 11.9. The maximum absolute atomic E-state index is 12.0. The molecule has 0 aliphatic heterocycles. The number of unbranched alkanes of at least 4 members (excludes halogenated alkanes) is 9. The van der Waals surface area contributed by atoms with Gasteiger partial charge in [-0.25, -0.2) is 0 Å². The number of carbonyl (C=O) groups is 1. The standard InChI is InChI=1S/C21H34O4S/c1-3-4-5-6-7-8-9-10-11-12-13-20(22)18-25-26(23,24)21-16-14-19(2)15-17-21/h14-17H,3-13,18H2,1-2H3. The summed E-state index contributed by atoms with van der Waals surface area (Å²) < 4.78 is 28.9. The molecule has 0 saturated heterocycles. The highest BCUT2D eigenvalue weighted by Gasteiger charge is 2.16. The average molecular weight is 383 g/mol. The molecule has 0 fully saturated rings. The lowest BCUT2D eigenvalue weighted by atomic mass is 10.1. The average Bonchev–Trinajstić information content (AvgIpc) is 2.62. The van der Waals surface area contributed by atoms with Crippen molar-refractivity contribution >= 4 is 15.9 Å². The number of hydrogen-bond acceptors (Lipinski definition) is 4. The van der Waals surface area contributed by atoms with E-state index in [-0.39, 0.29) is 17.3 Å². The number of rotatable bonds is 15. The molecule has 0 saturated carbocycles. The highest BCUT2D eigenvalue weighted by molar-refractivity contribution is 7.86. The van der Waals surface area contributed by atoms with Crippen LogP contribution in [0.2, 0.25) is 0 Å². The van der Waals surface area contributed by atoms with Crippen molar-refractivity contribution < 1.29 is 17.4 Å². The highest BCUT2D eigenvalue weighted by Crippen LogP contribution is 2.14. The lowest BCUT2D eigenvalue weighted by Gasteiger charge is -2.06. The van der Waals surface area contributed by atoms with Gasteiger partial charge in [0.25, 0.3) is 10.1 Å². The molecule has 0 unspecified atom stereocenters. The Labute approximate surface area is 159 Å². The summed E-state index contributed by atoms with van der Waals surface area (Å²) in [6, 6.07) is 6.42.